The van der Waals surface area contributed by atoms with Gasteiger partial charge in [-0.15, -0.1) is 0 Å². The van der Waals surface area contributed by atoms with Crippen LogP contribution in [0.4, 0.5) is 0 Å². The van der Waals surface area contributed by atoms with Gasteiger partial charge in [0.15, 0.2) is 0 Å². The summed E-state index contributed by atoms with van der Waals surface area (Å²) < 4.78 is 15.1. The summed E-state index contributed by atoms with van der Waals surface area (Å²) in [5.74, 6) is -0.131. The molecular formula is C10H12ClO3. The van der Waals surface area contributed by atoms with Crippen LogP contribution in [0.2, 0.25) is 0 Å². The summed E-state index contributed by atoms with van der Waals surface area (Å²) >= 11 is 5.74. The number of halogens is 1. The summed E-state index contributed by atoms with van der Waals surface area (Å²) in [5, 5.41) is 0. The van der Waals surface area contributed by atoms with Gasteiger partial charge in [0.05, 0.1) is 13.2 Å². The molecule has 1 rings (SSSR count). The molecule has 0 aliphatic rings. The number of ether oxygens (including phenoxy) is 3. The highest BCUT2D eigenvalue weighted by Crippen LogP contribution is 2.12. The number of alkyl halides is 1. The highest BCUT2D eigenvalue weighted by Gasteiger charge is 2.04. The van der Waals surface area contributed by atoms with Crippen molar-refractivity contribution in [3.8, 4) is 5.75 Å². The minimum absolute atomic E-state index is 0.406. The molecule has 0 aromatic heterocycles. The van der Waals surface area contributed by atoms with Crippen molar-refractivity contribution in [1.82, 2.24) is 0 Å². The van der Waals surface area contributed by atoms with Crippen LogP contribution in [-0.4, -0.2) is 26.1 Å². The molecule has 0 bridgehead atoms. The van der Waals surface area contributed by atoms with Crippen molar-refractivity contribution in [3.05, 3.63) is 30.3 Å². The molecule has 77 valence electrons. The van der Waals surface area contributed by atoms with Gasteiger partial charge in [-0.2, -0.15) is 0 Å². The molecule has 1 radical (unpaired) electrons. The van der Waals surface area contributed by atoms with Crippen molar-refractivity contribution in [2.75, 3.05) is 20.3 Å². The second-order valence-corrected chi connectivity index (χ2v) is 2.85. The molecule has 0 heterocycles. The molecule has 14 heavy (non-hydrogen) atoms. The molecule has 0 aliphatic carbocycles. The molecule has 0 amide bonds. The lowest BCUT2D eigenvalue weighted by Crippen LogP contribution is -2.16. The third-order valence-electron chi connectivity index (χ3n) is 1.45. The maximum Gasteiger partial charge on any atom is 0.279 e. The van der Waals surface area contributed by atoms with Crippen molar-refractivity contribution in [1.29, 1.82) is 0 Å². The highest BCUT2D eigenvalue weighted by atomic mass is 35.5. The van der Waals surface area contributed by atoms with Gasteiger partial charge < -0.3 is 14.2 Å². The molecule has 0 saturated carbocycles. The predicted molar refractivity (Wildman–Crippen MR) is 53.4 cm³/mol. The Morgan fingerprint density at radius 1 is 1.36 bits per heavy atom. The van der Waals surface area contributed by atoms with E-state index in [9.17, 15) is 0 Å². The van der Waals surface area contributed by atoms with Gasteiger partial charge in [-0.3, -0.25) is 0 Å². The average molecular weight is 216 g/mol. The molecular weight excluding hydrogens is 204 g/mol. The largest absolute Gasteiger partial charge is 0.451 e. The standard InChI is InChI=1S/C10H12ClO3/c1-12-7-8-13-10(11)14-9-5-3-2-4-6-9/h3-6,10H,7-8H2,1H3. The van der Waals surface area contributed by atoms with E-state index in [2.05, 4.69) is 6.07 Å². The number of benzene rings is 1. The first-order valence-corrected chi connectivity index (χ1v) is 4.64. The number of methoxy groups -OCH3 is 1. The van der Waals surface area contributed by atoms with Crippen molar-refractivity contribution < 1.29 is 14.2 Å². The summed E-state index contributed by atoms with van der Waals surface area (Å²) in [6, 6.07) is 9.88. The molecule has 1 unspecified atom stereocenters. The zero-order chi connectivity index (χ0) is 10.2. The van der Waals surface area contributed by atoms with Gasteiger partial charge in [-0.05, 0) is 29.8 Å². The molecule has 0 fully saturated rings. The predicted octanol–water partition coefficient (Wildman–Crippen LogP) is 2.05. The van der Waals surface area contributed by atoms with Crippen LogP contribution in [0.15, 0.2) is 24.3 Å². The molecule has 3 nitrogen and oxygen atoms in total. The lowest BCUT2D eigenvalue weighted by atomic mass is 10.3. The van der Waals surface area contributed by atoms with Crippen molar-refractivity contribution >= 4 is 11.6 Å². The number of hydrogen-bond acceptors (Lipinski definition) is 3. The van der Waals surface area contributed by atoms with E-state index >= 15 is 0 Å². The number of rotatable bonds is 6. The highest BCUT2D eigenvalue weighted by molar-refractivity contribution is 6.18. The maximum atomic E-state index is 5.74. The summed E-state index contributed by atoms with van der Waals surface area (Å²) in [5.41, 5.74) is 0. The summed E-state index contributed by atoms with van der Waals surface area (Å²) in [7, 11) is 1.60. The monoisotopic (exact) mass is 215 g/mol. The smallest absolute Gasteiger partial charge is 0.279 e. The van der Waals surface area contributed by atoms with Crippen LogP contribution >= 0.6 is 11.6 Å². The van der Waals surface area contributed by atoms with E-state index in [0.717, 1.165) is 0 Å². The van der Waals surface area contributed by atoms with Crippen LogP contribution in [0.5, 0.6) is 5.75 Å². The van der Waals surface area contributed by atoms with Crippen LogP contribution in [-0.2, 0) is 9.47 Å². The van der Waals surface area contributed by atoms with E-state index in [-0.39, 0.29) is 0 Å². The Kier molecular flexibility index (Phi) is 5.37. The third kappa shape index (κ3) is 4.46. The molecule has 0 aliphatic heterocycles. The van der Waals surface area contributed by atoms with E-state index in [1.54, 1.807) is 31.4 Å². The second-order valence-electron chi connectivity index (χ2n) is 2.49. The van der Waals surface area contributed by atoms with Gasteiger partial charge in [-0.25, -0.2) is 0 Å². The molecule has 0 N–H and O–H groups in total. The van der Waals surface area contributed by atoms with E-state index in [0.29, 0.717) is 19.0 Å². The van der Waals surface area contributed by atoms with Crippen LogP contribution < -0.4 is 4.74 Å². The van der Waals surface area contributed by atoms with Crippen LogP contribution in [0.1, 0.15) is 0 Å². The van der Waals surface area contributed by atoms with Crippen molar-refractivity contribution in [3.63, 3.8) is 0 Å². The first-order chi connectivity index (χ1) is 6.83. The quantitative estimate of drug-likeness (QED) is 0.413. The second kappa shape index (κ2) is 6.65. The van der Waals surface area contributed by atoms with Crippen molar-refractivity contribution in [2.45, 2.75) is 5.75 Å². The molecule has 0 spiro atoms. The molecule has 1 atom stereocenters. The Hall–Kier alpha value is -0.770. The van der Waals surface area contributed by atoms with Crippen LogP contribution in [0.25, 0.3) is 0 Å². The van der Waals surface area contributed by atoms with Crippen LogP contribution in [0, 0.1) is 6.07 Å². The molecule has 4 heteroatoms. The van der Waals surface area contributed by atoms with Gasteiger partial charge in [-0.1, -0.05) is 12.1 Å². The van der Waals surface area contributed by atoms with Gasteiger partial charge in [0.2, 0.25) is 0 Å². The van der Waals surface area contributed by atoms with E-state index < -0.39 is 5.75 Å². The molecule has 1 aromatic rings. The Morgan fingerprint density at radius 2 is 2.07 bits per heavy atom. The van der Waals surface area contributed by atoms with Gasteiger partial charge >= 0.3 is 0 Å². The van der Waals surface area contributed by atoms with Gasteiger partial charge in [0, 0.05) is 7.11 Å². The first kappa shape index (κ1) is 11.3. The Balaban J connectivity index is 2.23. The maximum absolute atomic E-state index is 5.74. The zero-order valence-corrected chi connectivity index (χ0v) is 8.66. The fraction of sp³-hybridized carbons (Fsp3) is 0.400. The number of hydrogen-bond donors (Lipinski definition) is 0. The lowest BCUT2D eigenvalue weighted by molar-refractivity contribution is -0.0390. The molecule has 1 aromatic carbocycles. The summed E-state index contributed by atoms with van der Waals surface area (Å²) in [4.78, 5) is 0. The lowest BCUT2D eigenvalue weighted by Gasteiger charge is -2.12. The topological polar surface area (TPSA) is 27.7 Å². The Bertz CT molecular complexity index is 240. The Labute approximate surface area is 88.5 Å². The van der Waals surface area contributed by atoms with Crippen LogP contribution in [0.3, 0.4) is 0 Å². The Morgan fingerprint density at radius 3 is 2.71 bits per heavy atom. The van der Waals surface area contributed by atoms with Gasteiger partial charge in [0.1, 0.15) is 5.75 Å². The summed E-state index contributed by atoms with van der Waals surface area (Å²) in [6.45, 7) is 0.902. The SMILES string of the molecule is COCCOC(Cl)Oc1cc[c]cc1. The van der Waals surface area contributed by atoms with E-state index in [4.69, 9.17) is 25.8 Å². The minimum Gasteiger partial charge on any atom is -0.451 e. The van der Waals surface area contributed by atoms with Crippen molar-refractivity contribution in [2.24, 2.45) is 0 Å². The average Bonchev–Trinajstić information content (AvgIpc) is 2.20. The summed E-state index contributed by atoms with van der Waals surface area (Å²) in [6.07, 6.45) is 0. The van der Waals surface area contributed by atoms with Gasteiger partial charge in [0.25, 0.3) is 5.75 Å². The third-order valence-corrected chi connectivity index (χ3v) is 1.67. The fourth-order valence-corrected chi connectivity index (χ4v) is 1.01. The fourth-order valence-electron chi connectivity index (χ4n) is 0.815. The molecule has 0 saturated heterocycles. The zero-order valence-electron chi connectivity index (χ0n) is 7.90. The normalized spacial score (nSPS) is 12.4. The van der Waals surface area contributed by atoms with E-state index in [1.807, 2.05) is 0 Å². The minimum atomic E-state index is -0.785. The first-order valence-electron chi connectivity index (χ1n) is 4.20. The van der Waals surface area contributed by atoms with E-state index in [1.165, 1.54) is 0 Å².